The Balaban J connectivity index is 2.21. The number of aromatic nitrogens is 2. The van der Waals surface area contributed by atoms with Crippen LogP contribution in [0.3, 0.4) is 0 Å². The molecule has 1 aliphatic heterocycles. The van der Waals surface area contributed by atoms with Gasteiger partial charge < -0.3 is 9.88 Å². The number of hydrogen-bond donors (Lipinski definition) is 1. The van der Waals surface area contributed by atoms with Gasteiger partial charge in [0.2, 0.25) is 0 Å². The van der Waals surface area contributed by atoms with Crippen molar-refractivity contribution < 1.29 is 4.79 Å². The van der Waals surface area contributed by atoms with Crippen molar-refractivity contribution in [3.8, 4) is 0 Å². The minimum absolute atomic E-state index is 0.0267. The van der Waals surface area contributed by atoms with E-state index in [0.29, 0.717) is 5.69 Å². The van der Waals surface area contributed by atoms with Crippen molar-refractivity contribution in [2.24, 2.45) is 5.41 Å². The van der Waals surface area contributed by atoms with Crippen molar-refractivity contribution in [2.45, 2.75) is 66.5 Å². The van der Waals surface area contributed by atoms with Crippen LogP contribution in [0.4, 0.5) is 0 Å². The fourth-order valence-electron chi connectivity index (χ4n) is 2.39. The summed E-state index contributed by atoms with van der Waals surface area (Å²) in [5.74, 6) is 0.935. The molecule has 0 aliphatic carbocycles. The lowest BCUT2D eigenvalue weighted by Gasteiger charge is -2.28. The molecule has 1 N–H and O–H groups in total. The number of fused-ring (bicyclic) bond motifs is 1. The van der Waals surface area contributed by atoms with Crippen molar-refractivity contribution in [3.05, 3.63) is 17.2 Å². The van der Waals surface area contributed by atoms with E-state index in [0.717, 1.165) is 30.9 Å². The van der Waals surface area contributed by atoms with E-state index in [-0.39, 0.29) is 17.4 Å². The van der Waals surface area contributed by atoms with Gasteiger partial charge in [0.15, 0.2) is 0 Å². The van der Waals surface area contributed by atoms with Crippen molar-refractivity contribution in [1.29, 1.82) is 0 Å². The highest BCUT2D eigenvalue weighted by molar-refractivity contribution is 5.93. The third kappa shape index (κ3) is 2.82. The smallest absolute Gasteiger partial charge is 0.272 e. The van der Waals surface area contributed by atoms with Crippen LogP contribution in [0, 0.1) is 12.3 Å². The summed E-state index contributed by atoms with van der Waals surface area (Å²) in [7, 11) is 0. The molecule has 0 saturated heterocycles. The van der Waals surface area contributed by atoms with Gasteiger partial charge in [-0.3, -0.25) is 4.79 Å². The summed E-state index contributed by atoms with van der Waals surface area (Å²) < 4.78 is 2.19. The summed E-state index contributed by atoms with van der Waals surface area (Å²) in [5, 5.41) is 3.08. The fraction of sp³-hybridized carbons (Fsp3) is 0.733. The maximum absolute atomic E-state index is 12.4. The Bertz CT molecular complexity index is 482. The molecule has 0 spiro atoms. The number of nitrogens with one attached hydrogen (secondary N) is 1. The number of aryl methyl sites for hydroxylation is 1. The van der Waals surface area contributed by atoms with E-state index in [1.807, 2.05) is 13.8 Å². The van der Waals surface area contributed by atoms with Crippen LogP contribution in [0.25, 0.3) is 0 Å². The van der Waals surface area contributed by atoms with Gasteiger partial charge in [-0.25, -0.2) is 4.98 Å². The molecular weight excluding hydrogens is 238 g/mol. The zero-order chi connectivity index (χ0) is 14.2. The monoisotopic (exact) mass is 263 g/mol. The Morgan fingerprint density at radius 3 is 2.68 bits per heavy atom. The summed E-state index contributed by atoms with van der Waals surface area (Å²) in [6, 6.07) is 0.126. The third-order valence-corrected chi connectivity index (χ3v) is 4.17. The number of nitrogens with zero attached hydrogens (tertiary/aromatic N) is 2. The van der Waals surface area contributed by atoms with Crippen LogP contribution in [-0.2, 0) is 13.0 Å². The first kappa shape index (κ1) is 14.1. The normalized spacial score (nSPS) is 16.9. The number of carbonyl (C=O) groups is 1. The van der Waals surface area contributed by atoms with Gasteiger partial charge in [-0.1, -0.05) is 20.8 Å². The molecule has 2 rings (SSSR count). The number of rotatable bonds is 2. The SMILES string of the molecule is Cc1nc(C(=O)NC(C)C(C)(C)C)c2n1CCCC2. The van der Waals surface area contributed by atoms with E-state index in [1.54, 1.807) is 0 Å². The second kappa shape index (κ2) is 4.99. The zero-order valence-corrected chi connectivity index (χ0v) is 12.7. The molecule has 106 valence electrons. The first-order valence-electron chi connectivity index (χ1n) is 7.17. The summed E-state index contributed by atoms with van der Waals surface area (Å²) in [6.45, 7) is 11.4. The van der Waals surface area contributed by atoms with E-state index < -0.39 is 0 Å². The van der Waals surface area contributed by atoms with E-state index in [4.69, 9.17) is 0 Å². The average molecular weight is 263 g/mol. The van der Waals surface area contributed by atoms with Crippen LogP contribution in [0.15, 0.2) is 0 Å². The van der Waals surface area contributed by atoms with Gasteiger partial charge in [0, 0.05) is 12.6 Å². The van der Waals surface area contributed by atoms with Crippen molar-refractivity contribution in [3.63, 3.8) is 0 Å². The summed E-state index contributed by atoms with van der Waals surface area (Å²) in [5.41, 5.74) is 1.81. The van der Waals surface area contributed by atoms with Gasteiger partial charge in [0.25, 0.3) is 5.91 Å². The molecule has 1 aliphatic rings. The van der Waals surface area contributed by atoms with E-state index >= 15 is 0 Å². The topological polar surface area (TPSA) is 46.9 Å². The van der Waals surface area contributed by atoms with Gasteiger partial charge >= 0.3 is 0 Å². The second-order valence-electron chi connectivity index (χ2n) is 6.62. The van der Waals surface area contributed by atoms with Crippen LogP contribution in [0.5, 0.6) is 0 Å². The highest BCUT2D eigenvalue weighted by atomic mass is 16.2. The largest absolute Gasteiger partial charge is 0.348 e. The van der Waals surface area contributed by atoms with E-state index in [2.05, 4.69) is 35.6 Å². The van der Waals surface area contributed by atoms with Gasteiger partial charge in [0.05, 0.1) is 5.69 Å². The Hall–Kier alpha value is -1.32. The molecule has 1 atom stereocenters. The van der Waals surface area contributed by atoms with E-state index in [9.17, 15) is 4.79 Å². The van der Waals surface area contributed by atoms with Crippen molar-refractivity contribution >= 4 is 5.91 Å². The van der Waals surface area contributed by atoms with Gasteiger partial charge in [0.1, 0.15) is 11.5 Å². The Morgan fingerprint density at radius 1 is 1.37 bits per heavy atom. The van der Waals surface area contributed by atoms with Crippen LogP contribution >= 0.6 is 0 Å². The molecule has 19 heavy (non-hydrogen) atoms. The fourth-order valence-corrected chi connectivity index (χ4v) is 2.39. The van der Waals surface area contributed by atoms with Crippen molar-refractivity contribution in [2.75, 3.05) is 0 Å². The molecule has 1 unspecified atom stereocenters. The lowest BCUT2D eigenvalue weighted by molar-refractivity contribution is 0.0904. The molecule has 0 saturated carbocycles. The molecule has 0 fully saturated rings. The molecule has 0 aromatic carbocycles. The molecule has 2 heterocycles. The van der Waals surface area contributed by atoms with Crippen LogP contribution in [0.2, 0.25) is 0 Å². The summed E-state index contributed by atoms with van der Waals surface area (Å²) in [4.78, 5) is 16.9. The predicted octanol–water partition coefficient (Wildman–Crippen LogP) is 2.69. The summed E-state index contributed by atoms with van der Waals surface area (Å²) in [6.07, 6.45) is 3.30. The number of imidazole rings is 1. The molecule has 0 radical (unpaired) electrons. The molecule has 1 amide bonds. The minimum atomic E-state index is -0.0267. The highest BCUT2D eigenvalue weighted by Gasteiger charge is 2.26. The zero-order valence-electron chi connectivity index (χ0n) is 12.7. The molecule has 4 nitrogen and oxygen atoms in total. The lowest BCUT2D eigenvalue weighted by Crippen LogP contribution is -2.41. The third-order valence-electron chi connectivity index (χ3n) is 4.17. The minimum Gasteiger partial charge on any atom is -0.348 e. The first-order valence-corrected chi connectivity index (χ1v) is 7.17. The van der Waals surface area contributed by atoms with Crippen LogP contribution in [0.1, 0.15) is 62.5 Å². The first-order chi connectivity index (χ1) is 8.80. The van der Waals surface area contributed by atoms with Crippen LogP contribution in [-0.4, -0.2) is 21.5 Å². The lowest BCUT2D eigenvalue weighted by atomic mass is 9.88. The number of carbonyl (C=O) groups excluding carboxylic acids is 1. The van der Waals surface area contributed by atoms with Gasteiger partial charge in [-0.2, -0.15) is 0 Å². The maximum Gasteiger partial charge on any atom is 0.272 e. The predicted molar refractivity (Wildman–Crippen MR) is 76.3 cm³/mol. The molecule has 1 aromatic heterocycles. The number of amides is 1. The molecule has 1 aromatic rings. The van der Waals surface area contributed by atoms with Crippen molar-refractivity contribution in [1.82, 2.24) is 14.9 Å². The second-order valence-corrected chi connectivity index (χ2v) is 6.62. The van der Waals surface area contributed by atoms with E-state index in [1.165, 1.54) is 6.42 Å². The highest BCUT2D eigenvalue weighted by Crippen LogP contribution is 2.22. The van der Waals surface area contributed by atoms with Gasteiger partial charge in [-0.15, -0.1) is 0 Å². The summed E-state index contributed by atoms with van der Waals surface area (Å²) >= 11 is 0. The quantitative estimate of drug-likeness (QED) is 0.891. The molecule has 4 heteroatoms. The standard InChI is InChI=1S/C15H25N3O/c1-10(15(3,4)5)16-14(19)13-12-8-6-7-9-18(12)11(2)17-13/h10H,6-9H2,1-5H3,(H,16,19). The molecule has 0 bridgehead atoms. The van der Waals surface area contributed by atoms with Crippen LogP contribution < -0.4 is 5.32 Å². The van der Waals surface area contributed by atoms with Gasteiger partial charge in [-0.05, 0) is 38.5 Å². The molecular formula is C15H25N3O. The number of hydrogen-bond acceptors (Lipinski definition) is 2. The Kier molecular flexibility index (Phi) is 3.70. The Morgan fingerprint density at radius 2 is 2.05 bits per heavy atom. The maximum atomic E-state index is 12.4. The average Bonchev–Trinajstić information content (AvgIpc) is 2.66. The Labute approximate surface area is 115 Å².